The lowest BCUT2D eigenvalue weighted by Crippen LogP contribution is -2.26. The quantitative estimate of drug-likeness (QED) is 0.842. The summed E-state index contributed by atoms with van der Waals surface area (Å²) in [5.74, 6) is 0.610. The Morgan fingerprint density at radius 1 is 1.44 bits per heavy atom. The first-order chi connectivity index (χ1) is 7.33. The maximum Gasteiger partial charge on any atom is 0.213 e. The van der Waals surface area contributed by atoms with Gasteiger partial charge in [-0.3, -0.25) is 0 Å². The second-order valence-corrected chi connectivity index (χ2v) is 6.00. The van der Waals surface area contributed by atoms with E-state index in [2.05, 4.69) is 37.5 Å². The first-order valence-corrected chi connectivity index (χ1v) is 6.66. The van der Waals surface area contributed by atoms with Crippen LogP contribution < -0.4 is 5.32 Å². The standard InChI is InChI=1S/C9H11BrN4S.BrH/c10-8-13-14-5-7(12-9(14)15-8)6-1-3-11-4-2-6;/h5-6,11H,1-4H2;1H. The van der Waals surface area contributed by atoms with Crippen LogP contribution in [0.2, 0.25) is 0 Å². The van der Waals surface area contributed by atoms with Gasteiger partial charge in [-0.1, -0.05) is 11.3 Å². The van der Waals surface area contributed by atoms with E-state index in [-0.39, 0.29) is 17.0 Å². The second-order valence-electron chi connectivity index (χ2n) is 3.77. The molecule has 7 heteroatoms. The smallest absolute Gasteiger partial charge is 0.213 e. The molecule has 0 amide bonds. The van der Waals surface area contributed by atoms with Crippen molar-refractivity contribution in [2.24, 2.45) is 0 Å². The summed E-state index contributed by atoms with van der Waals surface area (Å²) < 4.78 is 2.76. The lowest BCUT2D eigenvalue weighted by molar-refractivity contribution is 0.454. The van der Waals surface area contributed by atoms with Gasteiger partial charge in [0.25, 0.3) is 0 Å². The minimum Gasteiger partial charge on any atom is -0.317 e. The van der Waals surface area contributed by atoms with Gasteiger partial charge in [0.15, 0.2) is 3.92 Å². The molecule has 0 spiro atoms. The van der Waals surface area contributed by atoms with Crippen molar-refractivity contribution in [1.29, 1.82) is 0 Å². The Balaban J connectivity index is 0.000000963. The van der Waals surface area contributed by atoms with Crippen molar-refractivity contribution in [2.75, 3.05) is 13.1 Å². The number of aromatic nitrogens is 3. The molecule has 1 aliphatic heterocycles. The van der Waals surface area contributed by atoms with Crippen LogP contribution in [0.15, 0.2) is 10.1 Å². The highest BCUT2D eigenvalue weighted by Gasteiger charge is 2.19. The SMILES string of the molecule is Br.Brc1nn2cc(C3CCNCC3)nc2s1. The number of hydrogen-bond donors (Lipinski definition) is 1. The zero-order valence-electron chi connectivity index (χ0n) is 8.52. The Labute approximate surface area is 116 Å². The molecule has 0 aliphatic carbocycles. The molecular formula is C9H12Br2N4S. The van der Waals surface area contributed by atoms with Gasteiger partial charge in [0.2, 0.25) is 4.96 Å². The van der Waals surface area contributed by atoms with Gasteiger partial charge in [0, 0.05) is 5.92 Å². The van der Waals surface area contributed by atoms with Gasteiger partial charge in [0.1, 0.15) is 0 Å². The van der Waals surface area contributed by atoms with Crippen molar-refractivity contribution in [3.8, 4) is 0 Å². The molecule has 3 rings (SSSR count). The van der Waals surface area contributed by atoms with Crippen LogP contribution in [0.5, 0.6) is 0 Å². The highest BCUT2D eigenvalue weighted by molar-refractivity contribution is 9.11. The summed E-state index contributed by atoms with van der Waals surface area (Å²) in [5.41, 5.74) is 1.20. The van der Waals surface area contributed by atoms with Crippen molar-refractivity contribution in [1.82, 2.24) is 19.9 Å². The van der Waals surface area contributed by atoms with Crippen LogP contribution in [0.25, 0.3) is 4.96 Å². The zero-order valence-corrected chi connectivity index (χ0v) is 12.6. The maximum absolute atomic E-state index is 4.62. The summed E-state index contributed by atoms with van der Waals surface area (Å²) in [6.45, 7) is 2.21. The van der Waals surface area contributed by atoms with E-state index in [1.54, 1.807) is 11.3 Å². The fraction of sp³-hybridized carbons (Fsp3) is 0.556. The van der Waals surface area contributed by atoms with E-state index >= 15 is 0 Å². The maximum atomic E-state index is 4.62. The minimum atomic E-state index is 0. The van der Waals surface area contributed by atoms with E-state index in [4.69, 9.17) is 0 Å². The molecule has 1 N–H and O–H groups in total. The number of fused-ring (bicyclic) bond motifs is 1. The number of rotatable bonds is 1. The van der Waals surface area contributed by atoms with Gasteiger partial charge in [-0.25, -0.2) is 9.50 Å². The summed E-state index contributed by atoms with van der Waals surface area (Å²) in [4.78, 5) is 5.60. The molecule has 1 fully saturated rings. The minimum absolute atomic E-state index is 0. The van der Waals surface area contributed by atoms with Gasteiger partial charge in [-0.15, -0.1) is 22.1 Å². The Morgan fingerprint density at radius 2 is 2.19 bits per heavy atom. The molecule has 0 atom stereocenters. The number of halogens is 2. The van der Waals surface area contributed by atoms with Gasteiger partial charge >= 0.3 is 0 Å². The molecule has 0 radical (unpaired) electrons. The fourth-order valence-electron chi connectivity index (χ4n) is 2.01. The molecule has 16 heavy (non-hydrogen) atoms. The molecule has 0 saturated carbocycles. The highest BCUT2D eigenvalue weighted by atomic mass is 79.9. The molecule has 0 bridgehead atoms. The average molecular weight is 368 g/mol. The lowest BCUT2D eigenvalue weighted by atomic mass is 9.95. The number of imidazole rings is 1. The van der Waals surface area contributed by atoms with Crippen LogP contribution >= 0.6 is 44.2 Å². The van der Waals surface area contributed by atoms with E-state index in [0.29, 0.717) is 5.92 Å². The largest absolute Gasteiger partial charge is 0.317 e. The van der Waals surface area contributed by atoms with Crippen LogP contribution in [-0.2, 0) is 0 Å². The molecule has 88 valence electrons. The predicted molar refractivity (Wildman–Crippen MR) is 73.7 cm³/mol. The van der Waals surface area contributed by atoms with E-state index < -0.39 is 0 Å². The molecule has 2 aromatic rings. The lowest BCUT2D eigenvalue weighted by Gasteiger charge is -2.20. The topological polar surface area (TPSA) is 42.2 Å². The van der Waals surface area contributed by atoms with Crippen molar-refractivity contribution in [2.45, 2.75) is 18.8 Å². The van der Waals surface area contributed by atoms with Crippen LogP contribution in [0.4, 0.5) is 0 Å². The van der Waals surface area contributed by atoms with Gasteiger partial charge < -0.3 is 5.32 Å². The molecule has 0 unspecified atom stereocenters. The average Bonchev–Trinajstić information content (AvgIpc) is 2.76. The molecule has 3 heterocycles. The van der Waals surface area contributed by atoms with Crippen molar-refractivity contribution < 1.29 is 0 Å². The molecule has 1 aliphatic rings. The molecule has 0 aromatic carbocycles. The number of piperidine rings is 1. The van der Waals surface area contributed by atoms with Crippen LogP contribution in [0, 0.1) is 0 Å². The van der Waals surface area contributed by atoms with Crippen LogP contribution in [-0.4, -0.2) is 27.7 Å². The summed E-state index contributed by atoms with van der Waals surface area (Å²) in [7, 11) is 0. The first kappa shape index (κ1) is 12.5. The van der Waals surface area contributed by atoms with E-state index in [1.807, 2.05) is 4.52 Å². The Bertz CT molecular complexity index is 443. The van der Waals surface area contributed by atoms with Gasteiger partial charge in [-0.05, 0) is 41.9 Å². The first-order valence-electron chi connectivity index (χ1n) is 5.05. The Morgan fingerprint density at radius 3 is 2.88 bits per heavy atom. The fourth-order valence-corrected chi connectivity index (χ4v) is 3.23. The number of hydrogen-bond acceptors (Lipinski definition) is 4. The number of nitrogens with one attached hydrogen (secondary N) is 1. The van der Waals surface area contributed by atoms with E-state index in [0.717, 1.165) is 22.0 Å². The third-order valence-corrected chi connectivity index (χ3v) is 4.15. The summed E-state index contributed by atoms with van der Waals surface area (Å²) >= 11 is 4.94. The molecule has 4 nitrogen and oxygen atoms in total. The zero-order chi connectivity index (χ0) is 10.3. The highest BCUT2D eigenvalue weighted by Crippen LogP contribution is 2.27. The van der Waals surface area contributed by atoms with Gasteiger partial charge in [-0.2, -0.15) is 0 Å². The normalized spacial score (nSPS) is 17.6. The van der Waals surface area contributed by atoms with Crippen molar-refractivity contribution >= 4 is 49.2 Å². The third kappa shape index (κ3) is 2.32. The van der Waals surface area contributed by atoms with Crippen molar-refractivity contribution in [3.05, 3.63) is 15.8 Å². The van der Waals surface area contributed by atoms with E-state index in [9.17, 15) is 0 Å². The molecular weight excluding hydrogens is 356 g/mol. The summed E-state index contributed by atoms with van der Waals surface area (Å²) in [5, 5.41) is 7.67. The summed E-state index contributed by atoms with van der Waals surface area (Å²) in [6, 6.07) is 0. The van der Waals surface area contributed by atoms with Gasteiger partial charge in [0.05, 0.1) is 11.9 Å². The number of nitrogens with zero attached hydrogens (tertiary/aromatic N) is 3. The second kappa shape index (κ2) is 5.12. The Kier molecular flexibility index (Phi) is 3.99. The van der Waals surface area contributed by atoms with Crippen molar-refractivity contribution in [3.63, 3.8) is 0 Å². The molecule has 2 aromatic heterocycles. The molecule has 1 saturated heterocycles. The third-order valence-electron chi connectivity index (χ3n) is 2.79. The van der Waals surface area contributed by atoms with Crippen LogP contribution in [0.1, 0.15) is 24.5 Å². The van der Waals surface area contributed by atoms with E-state index in [1.165, 1.54) is 18.5 Å². The Hall–Kier alpha value is 0.0200. The summed E-state index contributed by atoms with van der Waals surface area (Å²) in [6.07, 6.45) is 4.44. The predicted octanol–water partition coefficient (Wildman–Crippen LogP) is 2.60. The van der Waals surface area contributed by atoms with Crippen LogP contribution in [0.3, 0.4) is 0 Å². The monoisotopic (exact) mass is 366 g/mol.